The SMILES string of the molecule is COc1ccccc1N(CC(=O)N(Cc1ccc(Cl)cc1)C(Cc1ccccc1)C(=O)NCC(C)C)S(=O)(=O)c1ccccc1. The van der Waals surface area contributed by atoms with Crippen molar-refractivity contribution in [3.63, 3.8) is 0 Å². The Bertz CT molecular complexity index is 1670. The molecule has 1 unspecified atom stereocenters. The number of nitrogens with zero attached hydrogens (tertiary/aromatic N) is 2. The molecule has 0 spiro atoms. The van der Waals surface area contributed by atoms with Gasteiger partial charge in [-0.15, -0.1) is 0 Å². The standard InChI is InChI=1S/C35H38ClN3O5S/c1-26(2)23-37-35(41)32(22-27-12-6-4-7-13-27)38(24-28-18-20-29(36)21-19-28)34(40)25-39(31-16-10-11-17-33(31)44-3)45(42,43)30-14-8-5-9-15-30/h4-21,26,32H,22-25H2,1-3H3,(H,37,41). The van der Waals surface area contributed by atoms with E-state index in [2.05, 4.69) is 5.32 Å². The Balaban J connectivity index is 1.81. The lowest BCUT2D eigenvalue weighted by atomic mass is 10.0. The van der Waals surface area contributed by atoms with E-state index in [0.717, 1.165) is 15.4 Å². The second-order valence-corrected chi connectivity index (χ2v) is 13.3. The van der Waals surface area contributed by atoms with Gasteiger partial charge in [0.2, 0.25) is 11.8 Å². The lowest BCUT2D eigenvalue weighted by molar-refractivity contribution is -0.140. The van der Waals surface area contributed by atoms with Crippen LogP contribution >= 0.6 is 11.6 Å². The van der Waals surface area contributed by atoms with Gasteiger partial charge in [0.1, 0.15) is 18.3 Å². The maximum atomic E-state index is 14.5. The Hall–Kier alpha value is -4.34. The number of hydrogen-bond donors (Lipinski definition) is 1. The van der Waals surface area contributed by atoms with Crippen molar-refractivity contribution in [2.75, 3.05) is 24.5 Å². The smallest absolute Gasteiger partial charge is 0.264 e. The highest BCUT2D eigenvalue weighted by Crippen LogP contribution is 2.32. The molecule has 0 saturated carbocycles. The molecule has 0 fully saturated rings. The number of carbonyl (C=O) groups excluding carboxylic acids is 2. The van der Waals surface area contributed by atoms with E-state index in [1.807, 2.05) is 44.2 Å². The van der Waals surface area contributed by atoms with Crippen molar-refractivity contribution in [3.05, 3.63) is 125 Å². The highest BCUT2D eigenvalue weighted by molar-refractivity contribution is 7.92. The number of para-hydroxylation sites is 2. The molecule has 0 aliphatic rings. The van der Waals surface area contributed by atoms with Crippen molar-refractivity contribution in [1.29, 1.82) is 0 Å². The molecule has 0 heterocycles. The molecule has 4 aromatic rings. The largest absolute Gasteiger partial charge is 0.495 e. The Kier molecular flexibility index (Phi) is 11.6. The maximum Gasteiger partial charge on any atom is 0.264 e. The molecule has 45 heavy (non-hydrogen) atoms. The van der Waals surface area contributed by atoms with Gasteiger partial charge < -0.3 is 15.0 Å². The van der Waals surface area contributed by atoms with Crippen molar-refractivity contribution in [1.82, 2.24) is 10.2 Å². The molecule has 4 aromatic carbocycles. The third-order valence-electron chi connectivity index (χ3n) is 7.19. The third kappa shape index (κ3) is 8.86. The average molecular weight is 648 g/mol. The van der Waals surface area contributed by atoms with Crippen LogP contribution in [0.3, 0.4) is 0 Å². The number of halogens is 1. The molecule has 0 saturated heterocycles. The predicted molar refractivity (Wildman–Crippen MR) is 178 cm³/mol. The maximum absolute atomic E-state index is 14.5. The summed E-state index contributed by atoms with van der Waals surface area (Å²) in [5.41, 5.74) is 1.79. The lowest BCUT2D eigenvalue weighted by Gasteiger charge is -2.34. The highest BCUT2D eigenvalue weighted by atomic mass is 35.5. The van der Waals surface area contributed by atoms with Crippen molar-refractivity contribution >= 4 is 39.1 Å². The van der Waals surface area contributed by atoms with Gasteiger partial charge in [-0.2, -0.15) is 0 Å². The molecule has 0 radical (unpaired) electrons. The summed E-state index contributed by atoms with van der Waals surface area (Å²) < 4.78 is 34.8. The number of amides is 2. The van der Waals surface area contributed by atoms with E-state index in [0.29, 0.717) is 11.6 Å². The molecular formula is C35H38ClN3O5S. The van der Waals surface area contributed by atoms with Gasteiger partial charge in [-0.3, -0.25) is 13.9 Å². The minimum atomic E-state index is -4.23. The second kappa shape index (κ2) is 15.6. The molecule has 4 rings (SSSR count). The minimum absolute atomic E-state index is 0.0171. The van der Waals surface area contributed by atoms with Crippen LogP contribution in [0, 0.1) is 5.92 Å². The van der Waals surface area contributed by atoms with E-state index >= 15 is 0 Å². The fourth-order valence-corrected chi connectivity index (χ4v) is 6.40. The Morgan fingerprint density at radius 2 is 1.42 bits per heavy atom. The zero-order chi connectivity index (χ0) is 32.4. The molecule has 0 bridgehead atoms. The summed E-state index contributed by atoms with van der Waals surface area (Å²) in [6.07, 6.45) is 0.226. The van der Waals surface area contributed by atoms with Gasteiger partial charge in [0, 0.05) is 24.5 Å². The molecule has 1 N–H and O–H groups in total. The molecule has 236 valence electrons. The van der Waals surface area contributed by atoms with Crippen LogP contribution in [0.1, 0.15) is 25.0 Å². The zero-order valence-corrected chi connectivity index (χ0v) is 27.2. The molecule has 0 aliphatic heterocycles. The summed E-state index contributed by atoms with van der Waals surface area (Å²) in [5.74, 6) is -0.422. The normalized spacial score (nSPS) is 11.9. The number of methoxy groups -OCH3 is 1. The van der Waals surface area contributed by atoms with Crippen LogP contribution in [0.25, 0.3) is 0 Å². The van der Waals surface area contributed by atoms with Gasteiger partial charge in [-0.25, -0.2) is 8.42 Å². The first-order chi connectivity index (χ1) is 21.6. The van der Waals surface area contributed by atoms with Gasteiger partial charge in [0.25, 0.3) is 10.0 Å². The van der Waals surface area contributed by atoms with Crippen LogP contribution in [0.5, 0.6) is 5.75 Å². The lowest BCUT2D eigenvalue weighted by Crippen LogP contribution is -2.53. The molecule has 0 aliphatic carbocycles. The number of carbonyl (C=O) groups is 2. The molecule has 10 heteroatoms. The number of benzene rings is 4. The van der Waals surface area contributed by atoms with Crippen molar-refractivity contribution in [2.24, 2.45) is 5.92 Å². The summed E-state index contributed by atoms with van der Waals surface area (Å²) in [4.78, 5) is 29.8. The fraction of sp³-hybridized carbons (Fsp3) is 0.257. The Labute approximate surface area is 270 Å². The van der Waals surface area contributed by atoms with Gasteiger partial charge in [-0.05, 0) is 53.4 Å². The number of anilines is 1. The van der Waals surface area contributed by atoms with Crippen LogP contribution < -0.4 is 14.4 Å². The van der Waals surface area contributed by atoms with Crippen molar-refractivity contribution in [2.45, 2.75) is 37.8 Å². The van der Waals surface area contributed by atoms with E-state index in [4.69, 9.17) is 16.3 Å². The number of ether oxygens (including phenoxy) is 1. The highest BCUT2D eigenvalue weighted by Gasteiger charge is 2.35. The first-order valence-corrected chi connectivity index (χ1v) is 16.5. The molecule has 2 amide bonds. The van der Waals surface area contributed by atoms with Crippen LogP contribution in [-0.4, -0.2) is 51.4 Å². The minimum Gasteiger partial charge on any atom is -0.495 e. The van der Waals surface area contributed by atoms with E-state index in [-0.39, 0.29) is 41.1 Å². The number of nitrogens with one attached hydrogen (secondary N) is 1. The van der Waals surface area contributed by atoms with Crippen molar-refractivity contribution < 1.29 is 22.7 Å². The third-order valence-corrected chi connectivity index (χ3v) is 9.21. The summed E-state index contributed by atoms with van der Waals surface area (Å²) in [5, 5.41) is 3.52. The first kappa shape index (κ1) is 33.6. The van der Waals surface area contributed by atoms with Gasteiger partial charge in [0.15, 0.2) is 0 Å². The molecule has 1 atom stereocenters. The number of rotatable bonds is 14. The van der Waals surface area contributed by atoms with E-state index in [1.165, 1.54) is 24.1 Å². The predicted octanol–water partition coefficient (Wildman–Crippen LogP) is 5.96. The Morgan fingerprint density at radius 3 is 2.04 bits per heavy atom. The van der Waals surface area contributed by atoms with Crippen LogP contribution in [0.15, 0.2) is 114 Å². The zero-order valence-electron chi connectivity index (χ0n) is 25.6. The second-order valence-electron chi connectivity index (χ2n) is 11.0. The molecule has 8 nitrogen and oxygen atoms in total. The molecular weight excluding hydrogens is 610 g/mol. The average Bonchev–Trinajstić information content (AvgIpc) is 3.05. The Morgan fingerprint density at radius 1 is 0.822 bits per heavy atom. The van der Waals surface area contributed by atoms with Crippen molar-refractivity contribution in [3.8, 4) is 5.75 Å². The quantitative estimate of drug-likeness (QED) is 0.182. The van der Waals surface area contributed by atoms with E-state index in [1.54, 1.807) is 66.7 Å². The number of hydrogen-bond acceptors (Lipinski definition) is 5. The topological polar surface area (TPSA) is 96.0 Å². The van der Waals surface area contributed by atoms with Gasteiger partial charge in [0.05, 0.1) is 17.7 Å². The first-order valence-electron chi connectivity index (χ1n) is 14.7. The van der Waals surface area contributed by atoms with Crippen LogP contribution in [-0.2, 0) is 32.6 Å². The fourth-order valence-electron chi connectivity index (χ4n) is 4.83. The summed E-state index contributed by atoms with van der Waals surface area (Å²) in [7, 11) is -2.79. The monoisotopic (exact) mass is 647 g/mol. The number of sulfonamides is 1. The van der Waals surface area contributed by atoms with Crippen LogP contribution in [0.4, 0.5) is 5.69 Å². The summed E-state index contributed by atoms with van der Waals surface area (Å²) in [6.45, 7) is 3.87. The van der Waals surface area contributed by atoms with Gasteiger partial charge >= 0.3 is 0 Å². The van der Waals surface area contributed by atoms with Gasteiger partial charge in [-0.1, -0.05) is 98.2 Å². The van der Waals surface area contributed by atoms with E-state index < -0.39 is 28.5 Å². The summed E-state index contributed by atoms with van der Waals surface area (Å²) in [6, 6.07) is 30.0. The van der Waals surface area contributed by atoms with Crippen LogP contribution in [0.2, 0.25) is 5.02 Å². The summed E-state index contributed by atoms with van der Waals surface area (Å²) >= 11 is 6.15. The molecule has 0 aromatic heterocycles. The van der Waals surface area contributed by atoms with E-state index in [9.17, 15) is 18.0 Å².